The van der Waals surface area contributed by atoms with E-state index in [0.29, 0.717) is 17.4 Å². The second kappa shape index (κ2) is 11.1. The summed E-state index contributed by atoms with van der Waals surface area (Å²) >= 11 is 0. The molecule has 0 radical (unpaired) electrons. The molecule has 0 aliphatic heterocycles. The molecule has 0 bridgehead atoms. The molecule has 0 aliphatic carbocycles. The number of rotatable bonds is 13. The van der Waals surface area contributed by atoms with Gasteiger partial charge in [0.15, 0.2) is 8.32 Å². The molecule has 0 N–H and O–H groups in total. The minimum absolute atomic E-state index is 0.322. The lowest BCUT2D eigenvalue weighted by Gasteiger charge is -2.43. The predicted molar refractivity (Wildman–Crippen MR) is 123 cm³/mol. The number of carbonyl (C=O) groups is 1. The normalized spacial score (nSPS) is 13.3. The molecule has 0 fully saturated rings. The van der Waals surface area contributed by atoms with E-state index in [0.717, 1.165) is 30.2 Å². The molecular formula is C20H44O4Si3. The summed E-state index contributed by atoms with van der Waals surface area (Å²) in [5.41, 5.74) is 0.433. The van der Waals surface area contributed by atoms with Crippen LogP contribution in [-0.4, -0.2) is 31.4 Å². The zero-order valence-corrected chi connectivity index (χ0v) is 22.5. The summed E-state index contributed by atoms with van der Waals surface area (Å²) in [6.07, 6.45) is 0. The molecule has 0 saturated heterocycles. The molecule has 0 rings (SSSR count). The fraction of sp³-hybridized carbons (Fsp3) is 0.850. The van der Waals surface area contributed by atoms with E-state index in [2.05, 4.69) is 68.1 Å². The van der Waals surface area contributed by atoms with Crippen molar-refractivity contribution < 1.29 is 17.5 Å². The molecule has 0 amide bonds. The Kier molecular flexibility index (Phi) is 11.0. The third-order valence-corrected chi connectivity index (χ3v) is 19.3. The Labute approximate surface area is 171 Å². The highest BCUT2D eigenvalue weighted by atomic mass is 28.5. The van der Waals surface area contributed by atoms with E-state index in [4.69, 9.17) is 12.7 Å². The number of hydrogen-bond acceptors (Lipinski definition) is 4. The van der Waals surface area contributed by atoms with Crippen molar-refractivity contribution in [1.29, 1.82) is 0 Å². The molecule has 0 saturated carbocycles. The first-order valence-corrected chi connectivity index (χ1v) is 18.1. The van der Waals surface area contributed by atoms with Gasteiger partial charge in [0.2, 0.25) is 0 Å². The Morgan fingerprint density at radius 3 is 1.59 bits per heavy atom. The van der Waals surface area contributed by atoms with E-state index in [1.165, 1.54) is 0 Å². The van der Waals surface area contributed by atoms with Gasteiger partial charge in [0, 0.05) is 17.7 Å². The van der Waals surface area contributed by atoms with E-state index < -0.39 is 25.4 Å². The van der Waals surface area contributed by atoms with E-state index in [1.54, 1.807) is 6.92 Å². The molecule has 160 valence electrons. The zero-order valence-electron chi connectivity index (χ0n) is 19.5. The van der Waals surface area contributed by atoms with Crippen LogP contribution in [0.25, 0.3) is 0 Å². The van der Waals surface area contributed by atoms with Gasteiger partial charge < -0.3 is 12.7 Å². The van der Waals surface area contributed by atoms with Gasteiger partial charge in [-0.05, 0) is 50.0 Å². The molecule has 0 aromatic rings. The Hall–Kier alpha value is -0.219. The summed E-state index contributed by atoms with van der Waals surface area (Å²) in [4.78, 5) is 12.5. The van der Waals surface area contributed by atoms with Crippen LogP contribution in [0.1, 0.15) is 55.4 Å². The standard InChI is InChI=1S/C20H44O4Si3/c1-12-26(13-2,14-3)23-25(10,11)24-27(15-17(4)5,16-18(6)7)22-20(21)19(8)9/h17-18H,8,12-16H2,1-7,9-11H3. The van der Waals surface area contributed by atoms with Crippen molar-refractivity contribution in [1.82, 2.24) is 0 Å². The summed E-state index contributed by atoms with van der Waals surface area (Å²) < 4.78 is 19.8. The summed E-state index contributed by atoms with van der Waals surface area (Å²) in [5, 5.41) is 0. The summed E-state index contributed by atoms with van der Waals surface area (Å²) in [7, 11) is -7.02. The Bertz CT molecular complexity index is 467. The Balaban J connectivity index is 5.87. The van der Waals surface area contributed by atoms with Crippen molar-refractivity contribution in [3.05, 3.63) is 12.2 Å². The van der Waals surface area contributed by atoms with Gasteiger partial charge in [-0.1, -0.05) is 55.0 Å². The van der Waals surface area contributed by atoms with Crippen molar-refractivity contribution in [2.45, 2.75) is 98.7 Å². The van der Waals surface area contributed by atoms with Crippen molar-refractivity contribution in [3.63, 3.8) is 0 Å². The molecule has 27 heavy (non-hydrogen) atoms. The average molecular weight is 433 g/mol. The maximum atomic E-state index is 12.5. The lowest BCUT2D eigenvalue weighted by Crippen LogP contribution is -2.58. The lowest BCUT2D eigenvalue weighted by atomic mass is 10.3. The molecule has 0 unspecified atom stereocenters. The molecule has 0 aromatic carbocycles. The smallest absolute Gasteiger partial charge is 0.393 e. The van der Waals surface area contributed by atoms with Crippen LogP contribution in [0.5, 0.6) is 0 Å². The van der Waals surface area contributed by atoms with Gasteiger partial charge in [-0.15, -0.1) is 0 Å². The zero-order chi connectivity index (χ0) is 21.5. The van der Waals surface area contributed by atoms with Crippen molar-refractivity contribution in [2.24, 2.45) is 11.8 Å². The van der Waals surface area contributed by atoms with Gasteiger partial charge in [0.1, 0.15) is 0 Å². The second-order valence-electron chi connectivity index (χ2n) is 9.12. The topological polar surface area (TPSA) is 44.8 Å². The SMILES string of the molecule is C=C(C)C(=O)O[Si](CC(C)C)(CC(C)C)O[Si](C)(C)O[Si](CC)(CC)CC. The molecule has 4 nitrogen and oxygen atoms in total. The molecule has 0 heterocycles. The minimum atomic E-state index is -2.77. The maximum absolute atomic E-state index is 12.5. The molecule has 0 aromatic heterocycles. The van der Waals surface area contributed by atoms with Gasteiger partial charge >= 0.3 is 23.1 Å². The summed E-state index contributed by atoms with van der Waals surface area (Å²) in [6, 6.07) is 4.86. The Morgan fingerprint density at radius 1 is 0.889 bits per heavy atom. The first-order chi connectivity index (χ1) is 12.3. The van der Waals surface area contributed by atoms with Crippen LogP contribution in [0.3, 0.4) is 0 Å². The van der Waals surface area contributed by atoms with Crippen LogP contribution in [0, 0.1) is 11.8 Å². The van der Waals surface area contributed by atoms with Crippen LogP contribution < -0.4 is 0 Å². The highest BCUT2D eigenvalue weighted by Gasteiger charge is 2.50. The third kappa shape index (κ3) is 9.21. The van der Waals surface area contributed by atoms with Gasteiger partial charge in [-0.25, -0.2) is 4.79 Å². The second-order valence-corrected chi connectivity index (χ2v) is 20.9. The van der Waals surface area contributed by atoms with Gasteiger partial charge in [0.05, 0.1) is 0 Å². The van der Waals surface area contributed by atoms with E-state index >= 15 is 0 Å². The largest absolute Gasteiger partial charge is 0.491 e. The quantitative estimate of drug-likeness (QED) is 0.243. The monoisotopic (exact) mass is 432 g/mol. The van der Waals surface area contributed by atoms with E-state index in [1.807, 2.05) is 0 Å². The molecular weight excluding hydrogens is 388 g/mol. The molecule has 0 spiro atoms. The van der Waals surface area contributed by atoms with Crippen LogP contribution >= 0.6 is 0 Å². The highest BCUT2D eigenvalue weighted by Crippen LogP contribution is 2.34. The van der Waals surface area contributed by atoms with Gasteiger partial charge in [0.25, 0.3) is 0 Å². The molecule has 0 atom stereocenters. The number of carbonyl (C=O) groups excluding carboxylic acids is 1. The lowest BCUT2D eigenvalue weighted by molar-refractivity contribution is -0.132. The van der Waals surface area contributed by atoms with E-state index in [9.17, 15) is 4.79 Å². The van der Waals surface area contributed by atoms with Crippen LogP contribution in [0.4, 0.5) is 0 Å². The minimum Gasteiger partial charge on any atom is -0.491 e. The van der Waals surface area contributed by atoms with Crippen molar-refractivity contribution in [3.8, 4) is 0 Å². The molecule has 0 aliphatic rings. The summed E-state index contributed by atoms with van der Waals surface area (Å²) in [6.45, 7) is 25.1. The van der Waals surface area contributed by atoms with Crippen LogP contribution in [0.2, 0.25) is 43.3 Å². The third-order valence-electron chi connectivity index (χ3n) is 4.89. The predicted octanol–water partition coefficient (Wildman–Crippen LogP) is 6.60. The van der Waals surface area contributed by atoms with Gasteiger partial charge in [-0.3, -0.25) is 0 Å². The first kappa shape index (κ1) is 26.8. The fourth-order valence-electron chi connectivity index (χ4n) is 3.73. The van der Waals surface area contributed by atoms with Crippen LogP contribution in [0.15, 0.2) is 12.2 Å². The summed E-state index contributed by atoms with van der Waals surface area (Å²) in [5.74, 6) is 0.463. The molecule has 7 heteroatoms. The van der Waals surface area contributed by atoms with Crippen LogP contribution in [-0.2, 0) is 17.5 Å². The van der Waals surface area contributed by atoms with Crippen molar-refractivity contribution in [2.75, 3.05) is 0 Å². The van der Waals surface area contributed by atoms with Crippen molar-refractivity contribution >= 4 is 31.4 Å². The van der Waals surface area contributed by atoms with Gasteiger partial charge in [-0.2, -0.15) is 0 Å². The maximum Gasteiger partial charge on any atom is 0.393 e. The number of hydrogen-bond donors (Lipinski definition) is 0. The fourth-order valence-corrected chi connectivity index (χ4v) is 19.4. The Morgan fingerprint density at radius 2 is 1.30 bits per heavy atom. The average Bonchev–Trinajstić information content (AvgIpc) is 2.50. The first-order valence-electron chi connectivity index (χ1n) is 10.5. The van der Waals surface area contributed by atoms with E-state index in [-0.39, 0.29) is 5.97 Å². The highest BCUT2D eigenvalue weighted by molar-refractivity contribution is 6.88.